The molecule has 7 nitrogen and oxygen atoms in total. The Balaban J connectivity index is 1.71. The predicted octanol–water partition coefficient (Wildman–Crippen LogP) is 3.10. The molecular formula is C22H25NO6. The fourth-order valence-corrected chi connectivity index (χ4v) is 3.60. The van der Waals surface area contributed by atoms with Crippen LogP contribution in [0.5, 0.6) is 5.75 Å². The van der Waals surface area contributed by atoms with Gasteiger partial charge >= 0.3 is 5.97 Å². The Labute approximate surface area is 169 Å². The minimum Gasteiger partial charge on any atom is -0.494 e. The predicted molar refractivity (Wildman–Crippen MR) is 104 cm³/mol. The van der Waals surface area contributed by atoms with Crippen LogP contribution in [0.2, 0.25) is 0 Å². The van der Waals surface area contributed by atoms with Crippen LogP contribution in [-0.4, -0.2) is 48.9 Å². The molecule has 1 saturated heterocycles. The number of piperidine rings is 1. The Bertz CT molecular complexity index is 832. The molecule has 0 radical (unpaired) electrons. The van der Waals surface area contributed by atoms with Gasteiger partial charge in [0.2, 0.25) is 0 Å². The van der Waals surface area contributed by atoms with Gasteiger partial charge in [-0.15, -0.1) is 0 Å². The number of nitrogens with zero attached hydrogens (tertiary/aromatic N) is 1. The molecular weight excluding hydrogens is 374 g/mol. The summed E-state index contributed by atoms with van der Waals surface area (Å²) >= 11 is 0. The van der Waals surface area contributed by atoms with Crippen LogP contribution < -0.4 is 4.74 Å². The molecule has 1 fully saturated rings. The number of furan rings is 1. The number of esters is 1. The number of likely N-dealkylation sites (tertiary alicyclic amines) is 1. The molecule has 0 unspecified atom stereocenters. The summed E-state index contributed by atoms with van der Waals surface area (Å²) < 4.78 is 16.1. The van der Waals surface area contributed by atoms with Gasteiger partial charge in [-0.25, -0.2) is 0 Å². The number of ether oxygens (including phenoxy) is 2. The molecule has 0 aliphatic carbocycles. The van der Waals surface area contributed by atoms with Crippen molar-refractivity contribution in [2.45, 2.75) is 26.2 Å². The summed E-state index contributed by atoms with van der Waals surface area (Å²) in [5.74, 6) is -1.04. The van der Waals surface area contributed by atoms with Crippen molar-refractivity contribution in [3.05, 3.63) is 54.5 Å². The van der Waals surface area contributed by atoms with Crippen LogP contribution in [0.15, 0.2) is 53.1 Å². The highest BCUT2D eigenvalue weighted by atomic mass is 16.5. The zero-order chi connectivity index (χ0) is 20.7. The summed E-state index contributed by atoms with van der Waals surface area (Å²) in [4.78, 5) is 39.3. The number of para-hydroxylation sites is 1. The molecule has 1 aromatic carbocycles. The van der Waals surface area contributed by atoms with E-state index in [2.05, 4.69) is 0 Å². The van der Waals surface area contributed by atoms with E-state index in [1.54, 1.807) is 13.0 Å². The monoisotopic (exact) mass is 399 g/mol. The number of benzene rings is 1. The van der Waals surface area contributed by atoms with E-state index >= 15 is 0 Å². The number of carbonyl (C=O) groups is 3. The minimum atomic E-state index is -0.901. The van der Waals surface area contributed by atoms with Gasteiger partial charge in [0.25, 0.3) is 11.7 Å². The van der Waals surface area contributed by atoms with E-state index < -0.39 is 17.1 Å². The Morgan fingerprint density at radius 2 is 1.93 bits per heavy atom. The average molecular weight is 399 g/mol. The molecule has 3 rings (SSSR count). The lowest BCUT2D eigenvalue weighted by atomic mass is 9.77. The smallest absolute Gasteiger partial charge is 0.314 e. The van der Waals surface area contributed by atoms with Crippen molar-refractivity contribution in [1.82, 2.24) is 4.90 Å². The van der Waals surface area contributed by atoms with Crippen LogP contribution >= 0.6 is 0 Å². The van der Waals surface area contributed by atoms with E-state index in [-0.39, 0.29) is 24.9 Å². The maximum Gasteiger partial charge on any atom is 0.314 e. The molecule has 1 amide bonds. The molecule has 7 heteroatoms. The topological polar surface area (TPSA) is 86.0 Å². The zero-order valence-electron chi connectivity index (χ0n) is 16.5. The minimum absolute atomic E-state index is 0.00489. The second kappa shape index (κ2) is 9.41. The number of carbonyl (C=O) groups excluding carboxylic acids is 3. The molecule has 1 aliphatic rings. The number of ketones is 1. The summed E-state index contributed by atoms with van der Waals surface area (Å²) in [6.07, 6.45) is 2.91. The third-order valence-corrected chi connectivity index (χ3v) is 5.10. The van der Waals surface area contributed by atoms with Crippen LogP contribution in [0.1, 0.15) is 36.7 Å². The van der Waals surface area contributed by atoms with Gasteiger partial charge < -0.3 is 18.8 Å². The molecule has 2 aromatic rings. The molecule has 1 aliphatic heterocycles. The van der Waals surface area contributed by atoms with Crippen molar-refractivity contribution < 1.29 is 28.3 Å². The molecule has 0 bridgehead atoms. The lowest BCUT2D eigenvalue weighted by Crippen LogP contribution is -2.52. The zero-order valence-corrected chi connectivity index (χ0v) is 16.5. The van der Waals surface area contributed by atoms with Crippen LogP contribution in [0, 0.1) is 5.41 Å². The van der Waals surface area contributed by atoms with Gasteiger partial charge in [-0.2, -0.15) is 0 Å². The van der Waals surface area contributed by atoms with Gasteiger partial charge in [-0.05, 0) is 50.5 Å². The largest absolute Gasteiger partial charge is 0.494 e. The first-order valence-corrected chi connectivity index (χ1v) is 9.78. The molecule has 0 spiro atoms. The van der Waals surface area contributed by atoms with Crippen molar-refractivity contribution in [1.29, 1.82) is 0 Å². The third kappa shape index (κ3) is 4.85. The summed E-state index contributed by atoms with van der Waals surface area (Å²) in [6, 6.07) is 12.3. The van der Waals surface area contributed by atoms with Gasteiger partial charge in [-0.3, -0.25) is 14.4 Å². The molecule has 0 saturated carbocycles. The van der Waals surface area contributed by atoms with E-state index in [1.807, 2.05) is 30.3 Å². The van der Waals surface area contributed by atoms with Gasteiger partial charge in [0.15, 0.2) is 5.76 Å². The second-order valence-electron chi connectivity index (χ2n) is 7.05. The summed E-state index contributed by atoms with van der Waals surface area (Å²) in [6.45, 7) is 2.83. The maximum absolute atomic E-state index is 12.8. The first-order chi connectivity index (χ1) is 14.1. The normalized spacial score (nSPS) is 18.9. The van der Waals surface area contributed by atoms with Crippen molar-refractivity contribution in [2.75, 3.05) is 26.3 Å². The van der Waals surface area contributed by atoms with E-state index in [9.17, 15) is 14.4 Å². The van der Waals surface area contributed by atoms with Crippen molar-refractivity contribution >= 4 is 17.7 Å². The van der Waals surface area contributed by atoms with E-state index in [1.165, 1.54) is 17.2 Å². The summed E-state index contributed by atoms with van der Waals surface area (Å²) in [7, 11) is 0. The van der Waals surface area contributed by atoms with Gasteiger partial charge in [0.1, 0.15) is 5.75 Å². The van der Waals surface area contributed by atoms with Gasteiger partial charge in [-0.1, -0.05) is 18.2 Å². The van der Waals surface area contributed by atoms with E-state index in [4.69, 9.17) is 13.9 Å². The third-order valence-electron chi connectivity index (χ3n) is 5.10. The number of rotatable bonds is 8. The van der Waals surface area contributed by atoms with Gasteiger partial charge in [0.05, 0.1) is 24.9 Å². The lowest BCUT2D eigenvalue weighted by molar-refractivity contribution is -0.161. The Morgan fingerprint density at radius 3 is 2.62 bits per heavy atom. The van der Waals surface area contributed by atoms with Gasteiger partial charge in [0, 0.05) is 13.1 Å². The fraction of sp³-hybridized carbons (Fsp3) is 0.409. The summed E-state index contributed by atoms with van der Waals surface area (Å²) in [5, 5.41) is 0. The summed E-state index contributed by atoms with van der Waals surface area (Å²) in [5.41, 5.74) is -0.901. The molecule has 2 heterocycles. The molecule has 1 aromatic heterocycles. The highest BCUT2D eigenvalue weighted by molar-refractivity contribution is 6.41. The van der Waals surface area contributed by atoms with Crippen molar-refractivity contribution in [2.24, 2.45) is 5.41 Å². The number of Topliss-reactive ketones (excluding diaryl/α,β-unsaturated/α-hetero) is 1. The Hall–Kier alpha value is -3.09. The SMILES string of the molecule is CCOC(=O)[C@@]1(CCOc2ccccc2)CCCN(C(=O)C(=O)c2ccco2)C1. The fourth-order valence-electron chi connectivity index (χ4n) is 3.60. The van der Waals surface area contributed by atoms with Crippen LogP contribution in [0.4, 0.5) is 0 Å². The van der Waals surface area contributed by atoms with E-state index in [0.29, 0.717) is 38.2 Å². The highest BCUT2D eigenvalue weighted by Gasteiger charge is 2.45. The van der Waals surface area contributed by atoms with Crippen LogP contribution in [0.3, 0.4) is 0 Å². The van der Waals surface area contributed by atoms with Crippen molar-refractivity contribution in [3.63, 3.8) is 0 Å². The molecule has 0 N–H and O–H groups in total. The number of hydrogen-bond acceptors (Lipinski definition) is 6. The quantitative estimate of drug-likeness (QED) is 0.385. The Morgan fingerprint density at radius 1 is 1.14 bits per heavy atom. The number of hydrogen-bond donors (Lipinski definition) is 0. The molecule has 29 heavy (non-hydrogen) atoms. The number of amides is 1. The lowest BCUT2D eigenvalue weighted by Gasteiger charge is -2.40. The standard InChI is InChI=1S/C22H25NO6/c1-2-27-21(26)22(12-15-28-17-8-4-3-5-9-17)11-7-13-23(16-22)20(25)19(24)18-10-6-14-29-18/h3-6,8-10,14H,2,7,11-13,15-16H2,1H3/t22-/m1/s1. The maximum atomic E-state index is 12.8. The van der Waals surface area contributed by atoms with Crippen LogP contribution in [-0.2, 0) is 14.3 Å². The van der Waals surface area contributed by atoms with Crippen molar-refractivity contribution in [3.8, 4) is 5.75 Å². The van der Waals surface area contributed by atoms with E-state index in [0.717, 1.165) is 0 Å². The molecule has 1 atom stereocenters. The van der Waals surface area contributed by atoms with Crippen LogP contribution in [0.25, 0.3) is 0 Å². The first-order valence-electron chi connectivity index (χ1n) is 9.78. The second-order valence-corrected chi connectivity index (χ2v) is 7.05. The molecule has 154 valence electrons. The first kappa shape index (κ1) is 20.6. The average Bonchev–Trinajstić information content (AvgIpc) is 3.29. The highest BCUT2D eigenvalue weighted by Crippen LogP contribution is 2.35. The Kier molecular flexibility index (Phi) is 6.69.